The molecule has 3 aromatic heterocycles. The average molecular weight is 532 g/mol. The average Bonchev–Trinajstić information content (AvgIpc) is 3.37. The molecule has 37 heavy (non-hydrogen) atoms. The maximum absolute atomic E-state index is 14.5. The van der Waals surface area contributed by atoms with Crippen LogP contribution in [-0.4, -0.2) is 22.1 Å². The number of aromatic nitrogens is 3. The second-order valence-electron chi connectivity index (χ2n) is 7.45. The zero-order valence-corrected chi connectivity index (χ0v) is 21.6. The SMILES string of the molecule is CC.COP(=O)(O)OC[n+]1cccc(-c2cc(Cc3cnc(OCc4ccccc4)c(F)c3)no2)c1N. The molecule has 0 spiro atoms. The van der Waals surface area contributed by atoms with E-state index in [1.165, 1.54) is 16.8 Å². The van der Waals surface area contributed by atoms with Gasteiger partial charge < -0.3 is 14.2 Å². The Balaban J connectivity index is 0.00000186. The molecule has 0 saturated carbocycles. The molecule has 0 aliphatic heterocycles. The first-order valence-corrected chi connectivity index (χ1v) is 12.9. The first-order valence-electron chi connectivity index (χ1n) is 11.4. The van der Waals surface area contributed by atoms with E-state index in [2.05, 4.69) is 14.7 Å². The van der Waals surface area contributed by atoms with E-state index in [4.69, 9.17) is 19.5 Å². The van der Waals surface area contributed by atoms with Gasteiger partial charge in [-0.25, -0.2) is 23.0 Å². The minimum absolute atomic E-state index is 0.0804. The van der Waals surface area contributed by atoms with Crippen LogP contribution in [0.4, 0.5) is 10.2 Å². The normalized spacial score (nSPS) is 12.4. The zero-order chi connectivity index (χ0) is 26.8. The fourth-order valence-corrected chi connectivity index (χ4v) is 3.57. The summed E-state index contributed by atoms with van der Waals surface area (Å²) in [4.78, 5) is 13.5. The van der Waals surface area contributed by atoms with E-state index in [0.717, 1.165) is 12.7 Å². The van der Waals surface area contributed by atoms with E-state index >= 15 is 0 Å². The predicted molar refractivity (Wildman–Crippen MR) is 134 cm³/mol. The van der Waals surface area contributed by atoms with Gasteiger partial charge in [0.2, 0.25) is 6.73 Å². The first-order chi connectivity index (χ1) is 17.8. The van der Waals surface area contributed by atoms with Crippen molar-refractivity contribution in [3.8, 4) is 17.2 Å². The minimum atomic E-state index is -4.17. The van der Waals surface area contributed by atoms with Gasteiger partial charge in [0.05, 0.1) is 11.9 Å². The zero-order valence-electron chi connectivity index (χ0n) is 20.7. The van der Waals surface area contributed by atoms with Crippen molar-refractivity contribution >= 4 is 13.6 Å². The number of nitrogens with zero attached hydrogens (tertiary/aromatic N) is 3. The highest BCUT2D eigenvalue weighted by molar-refractivity contribution is 7.47. The van der Waals surface area contributed by atoms with Crippen LogP contribution < -0.4 is 15.0 Å². The van der Waals surface area contributed by atoms with Crippen molar-refractivity contribution in [2.45, 2.75) is 33.6 Å². The van der Waals surface area contributed by atoms with E-state index in [1.54, 1.807) is 24.4 Å². The number of rotatable bonds is 10. The monoisotopic (exact) mass is 531 g/mol. The summed E-state index contributed by atoms with van der Waals surface area (Å²) < 4.78 is 47.6. The number of nitrogen functional groups attached to an aromatic ring is 1. The van der Waals surface area contributed by atoms with Crippen molar-refractivity contribution in [2.24, 2.45) is 0 Å². The number of halogens is 1. The Hall–Kier alpha value is -3.63. The number of phosphoric acid groups is 1. The fraction of sp³-hybridized carbons (Fsp3) is 0.240. The van der Waals surface area contributed by atoms with Crippen LogP contribution in [0.2, 0.25) is 0 Å². The van der Waals surface area contributed by atoms with Crippen LogP contribution in [0, 0.1) is 5.82 Å². The van der Waals surface area contributed by atoms with Crippen molar-refractivity contribution in [3.63, 3.8) is 0 Å². The summed E-state index contributed by atoms with van der Waals surface area (Å²) in [6.45, 7) is 3.90. The molecule has 0 saturated heterocycles. The maximum atomic E-state index is 14.5. The van der Waals surface area contributed by atoms with Crippen LogP contribution in [0.3, 0.4) is 0 Å². The number of ether oxygens (including phenoxy) is 1. The fourth-order valence-electron chi connectivity index (χ4n) is 3.20. The Bertz CT molecular complexity index is 1350. The molecule has 3 heterocycles. The van der Waals surface area contributed by atoms with E-state index in [-0.39, 0.29) is 31.5 Å². The van der Waals surface area contributed by atoms with E-state index in [1.807, 2.05) is 44.2 Å². The number of hydrogen-bond donors (Lipinski definition) is 2. The van der Waals surface area contributed by atoms with Crippen LogP contribution in [0.1, 0.15) is 30.7 Å². The Labute approximate surface area is 214 Å². The molecule has 10 nitrogen and oxygen atoms in total. The molecular formula is C25H29FN4O6P+. The summed E-state index contributed by atoms with van der Waals surface area (Å²) in [6.07, 6.45) is 3.36. The maximum Gasteiger partial charge on any atom is 0.475 e. The Morgan fingerprint density at radius 3 is 2.59 bits per heavy atom. The van der Waals surface area contributed by atoms with Crippen LogP contribution in [0.25, 0.3) is 11.3 Å². The van der Waals surface area contributed by atoms with E-state index < -0.39 is 13.6 Å². The number of hydrogen-bond acceptors (Lipinski definition) is 8. The molecule has 0 amide bonds. The highest BCUT2D eigenvalue weighted by Crippen LogP contribution is 2.41. The van der Waals surface area contributed by atoms with Crippen molar-refractivity contribution in [3.05, 3.63) is 89.6 Å². The molecular weight excluding hydrogens is 502 g/mol. The van der Waals surface area contributed by atoms with Gasteiger partial charge in [0.1, 0.15) is 12.2 Å². The van der Waals surface area contributed by atoms with Gasteiger partial charge in [-0.05, 0) is 29.3 Å². The number of phosphoric ester groups is 1. The van der Waals surface area contributed by atoms with Crippen LogP contribution in [0.15, 0.2) is 71.5 Å². The molecule has 1 aromatic carbocycles. The molecule has 1 unspecified atom stereocenters. The number of pyridine rings is 2. The standard InChI is InChI=1S/C23H22FN4O6P.C2H6/c1-31-35(29,30)33-15-28-9-5-8-19(22(28)25)21-12-18(27-34-21)10-17-11-20(24)23(26-13-17)32-14-16-6-3-2-4-7-16;1-2/h2-9,11-13,25H,10,14-15H2,1H3,(H,29,30);1-2H3/p+1. The predicted octanol–water partition coefficient (Wildman–Crippen LogP) is 4.66. The number of nitrogens with two attached hydrogens (primary N) is 1. The second-order valence-corrected chi connectivity index (χ2v) is 9.01. The summed E-state index contributed by atoms with van der Waals surface area (Å²) in [6, 6.07) is 15.8. The lowest BCUT2D eigenvalue weighted by atomic mass is 10.1. The van der Waals surface area contributed by atoms with Crippen LogP contribution in [-0.2, 0) is 33.4 Å². The lowest BCUT2D eigenvalue weighted by Crippen LogP contribution is -2.38. The van der Waals surface area contributed by atoms with E-state index in [0.29, 0.717) is 22.6 Å². The molecule has 12 heteroatoms. The van der Waals surface area contributed by atoms with Crippen LogP contribution in [0.5, 0.6) is 5.88 Å². The summed E-state index contributed by atoms with van der Waals surface area (Å²) in [5.74, 6) is -0.0724. The highest BCUT2D eigenvalue weighted by atomic mass is 31.2. The second kappa shape index (κ2) is 13.1. The molecule has 0 fully saturated rings. The molecule has 0 bridgehead atoms. The summed E-state index contributed by atoms with van der Waals surface area (Å²) in [5.41, 5.74) is 8.68. The first kappa shape index (κ1) is 27.9. The number of anilines is 1. The molecule has 3 N–H and O–H groups in total. The van der Waals surface area contributed by atoms with Gasteiger partial charge in [0.15, 0.2) is 11.6 Å². The van der Waals surface area contributed by atoms with Crippen molar-refractivity contribution in [1.82, 2.24) is 10.1 Å². The molecule has 0 aliphatic rings. The number of benzene rings is 1. The smallest absolute Gasteiger partial charge is 0.471 e. The van der Waals surface area contributed by atoms with Gasteiger partial charge in [-0.1, -0.05) is 49.3 Å². The van der Waals surface area contributed by atoms with Gasteiger partial charge in [-0.15, -0.1) is 0 Å². The Morgan fingerprint density at radius 1 is 1.14 bits per heavy atom. The third-order valence-electron chi connectivity index (χ3n) is 5.00. The molecule has 0 aliphatic carbocycles. The third kappa shape index (κ3) is 7.68. The van der Waals surface area contributed by atoms with Crippen molar-refractivity contribution in [1.29, 1.82) is 0 Å². The quantitative estimate of drug-likeness (QED) is 0.221. The van der Waals surface area contributed by atoms with E-state index in [9.17, 15) is 13.8 Å². The summed E-state index contributed by atoms with van der Waals surface area (Å²) in [5, 5.41) is 4.03. The van der Waals surface area contributed by atoms with Gasteiger partial charge in [0, 0.05) is 25.8 Å². The topological polar surface area (TPSA) is 134 Å². The van der Waals surface area contributed by atoms with Crippen molar-refractivity contribution in [2.75, 3.05) is 12.8 Å². The lowest BCUT2D eigenvalue weighted by molar-refractivity contribution is -0.711. The Kier molecular flexibility index (Phi) is 9.87. The summed E-state index contributed by atoms with van der Waals surface area (Å²) in [7, 11) is -3.10. The van der Waals surface area contributed by atoms with Gasteiger partial charge in [-0.2, -0.15) is 0 Å². The molecule has 196 valence electrons. The summed E-state index contributed by atoms with van der Waals surface area (Å²) >= 11 is 0. The largest absolute Gasteiger partial charge is 0.475 e. The minimum Gasteiger partial charge on any atom is -0.471 e. The Morgan fingerprint density at radius 2 is 1.89 bits per heavy atom. The van der Waals surface area contributed by atoms with Crippen molar-refractivity contribution < 1.29 is 36.7 Å². The molecule has 0 radical (unpaired) electrons. The van der Waals surface area contributed by atoms with Gasteiger partial charge >= 0.3 is 7.82 Å². The highest BCUT2D eigenvalue weighted by Gasteiger charge is 2.23. The molecule has 4 aromatic rings. The van der Waals surface area contributed by atoms with Gasteiger partial charge in [-0.3, -0.25) is 10.3 Å². The van der Waals surface area contributed by atoms with Gasteiger partial charge in [0.25, 0.3) is 11.7 Å². The molecule has 4 rings (SSSR count). The third-order valence-corrected chi connectivity index (χ3v) is 5.90. The lowest BCUT2D eigenvalue weighted by Gasteiger charge is -2.09. The van der Waals surface area contributed by atoms with Crippen LogP contribution >= 0.6 is 7.82 Å². The molecule has 1 atom stereocenters.